The Balaban J connectivity index is 2.19. The molecule has 33 heavy (non-hydrogen) atoms. The zero-order valence-corrected chi connectivity index (χ0v) is 24.5. The van der Waals surface area contributed by atoms with Gasteiger partial charge in [0.15, 0.2) is 14.2 Å². The summed E-state index contributed by atoms with van der Waals surface area (Å²) in [4.78, 5) is 4.63. The summed E-state index contributed by atoms with van der Waals surface area (Å²) in [5, 5.41) is 0.113. The third-order valence-corrected chi connectivity index (χ3v) is 11.5. The highest BCUT2D eigenvalue weighted by Crippen LogP contribution is 2.39. The predicted octanol–water partition coefficient (Wildman–Crippen LogP) is 7.65. The molecule has 1 aromatic carbocycles. The van der Waals surface area contributed by atoms with E-state index in [9.17, 15) is 0 Å². The summed E-state index contributed by atoms with van der Waals surface area (Å²) in [7, 11) is -0.325. The topological polar surface area (TPSA) is 53.7 Å². The Morgan fingerprint density at radius 3 is 2.36 bits per heavy atom. The van der Waals surface area contributed by atoms with Crippen molar-refractivity contribution in [2.24, 2.45) is 5.92 Å². The molecule has 0 N–H and O–H groups in total. The van der Waals surface area contributed by atoms with Gasteiger partial charge in [-0.25, -0.2) is 4.98 Å². The van der Waals surface area contributed by atoms with Gasteiger partial charge in [-0.1, -0.05) is 69.3 Å². The van der Waals surface area contributed by atoms with Gasteiger partial charge in [0.05, 0.1) is 25.9 Å². The van der Waals surface area contributed by atoms with Crippen molar-refractivity contribution in [3.63, 3.8) is 0 Å². The number of benzene rings is 1. The number of hydrogen-bond donors (Lipinski definition) is 0. The number of aromatic nitrogens is 1. The zero-order valence-electron chi connectivity index (χ0n) is 21.4. The lowest BCUT2D eigenvalue weighted by Crippen LogP contribution is -2.48. The van der Waals surface area contributed by atoms with Crippen LogP contribution in [0.1, 0.15) is 58.2 Å². The Morgan fingerprint density at radius 1 is 1.15 bits per heavy atom. The summed E-state index contributed by atoms with van der Waals surface area (Å²) in [6.07, 6.45) is 5.20. The van der Waals surface area contributed by atoms with Crippen LogP contribution in [0.25, 0.3) is 6.08 Å². The average Bonchev–Trinajstić information content (AvgIpc) is 3.20. The molecule has 1 heterocycles. The van der Waals surface area contributed by atoms with Crippen LogP contribution >= 0.6 is 22.6 Å². The predicted molar refractivity (Wildman–Crippen MR) is 146 cm³/mol. The van der Waals surface area contributed by atoms with Crippen LogP contribution < -0.4 is 4.74 Å². The molecule has 0 aliphatic heterocycles. The maximum atomic E-state index is 6.93. The van der Waals surface area contributed by atoms with Crippen molar-refractivity contribution in [2.75, 3.05) is 7.11 Å². The van der Waals surface area contributed by atoms with E-state index in [4.69, 9.17) is 18.3 Å². The lowest BCUT2D eigenvalue weighted by Gasteiger charge is -2.42. The van der Waals surface area contributed by atoms with E-state index in [-0.39, 0.29) is 23.2 Å². The van der Waals surface area contributed by atoms with Crippen LogP contribution in [0.15, 0.2) is 39.0 Å². The second-order valence-corrected chi connectivity index (χ2v) is 15.5. The molecule has 0 radical (unpaired) electrons. The number of rotatable bonds is 12. The molecule has 0 aliphatic rings. The van der Waals surface area contributed by atoms with Gasteiger partial charge in [-0.2, -0.15) is 0 Å². The minimum absolute atomic E-state index is 0.0400. The SMILES string of the molecule is CC[C@@H](OCc1ccc(OC)cc1)[C@@H](C)[C@H](Cc1nc(/C=C/I)co1)O[Si](C)(C)C(C)(C)C. The highest BCUT2D eigenvalue weighted by Gasteiger charge is 2.41. The monoisotopic (exact) mass is 585 g/mol. The molecule has 7 heteroatoms. The van der Waals surface area contributed by atoms with Gasteiger partial charge < -0.3 is 18.3 Å². The number of methoxy groups -OCH3 is 1. The second kappa shape index (κ2) is 12.5. The van der Waals surface area contributed by atoms with Gasteiger partial charge in [0.2, 0.25) is 0 Å². The molecule has 0 saturated heterocycles. The number of nitrogens with zero attached hydrogens (tertiary/aromatic N) is 1. The van der Waals surface area contributed by atoms with Gasteiger partial charge in [0.1, 0.15) is 17.7 Å². The van der Waals surface area contributed by atoms with E-state index in [0.29, 0.717) is 18.9 Å². The van der Waals surface area contributed by atoms with Crippen molar-refractivity contribution in [1.29, 1.82) is 0 Å². The molecule has 0 amide bonds. The van der Waals surface area contributed by atoms with E-state index >= 15 is 0 Å². The number of hydrogen-bond acceptors (Lipinski definition) is 5. The van der Waals surface area contributed by atoms with Gasteiger partial charge >= 0.3 is 0 Å². The first kappa shape index (κ1) is 28.1. The van der Waals surface area contributed by atoms with Crippen LogP contribution in [0.3, 0.4) is 0 Å². The van der Waals surface area contributed by atoms with Gasteiger partial charge in [0, 0.05) is 12.3 Å². The number of ether oxygens (including phenoxy) is 2. The Labute approximate surface area is 214 Å². The molecule has 2 aromatic rings. The first-order valence-electron chi connectivity index (χ1n) is 11.6. The van der Waals surface area contributed by atoms with Crippen molar-refractivity contribution in [1.82, 2.24) is 4.98 Å². The average molecular weight is 586 g/mol. The minimum Gasteiger partial charge on any atom is -0.497 e. The Bertz CT molecular complexity index is 873. The minimum atomic E-state index is -2.00. The molecule has 1 aromatic heterocycles. The van der Waals surface area contributed by atoms with E-state index in [1.54, 1.807) is 13.4 Å². The highest BCUT2D eigenvalue weighted by molar-refractivity contribution is 14.1. The largest absolute Gasteiger partial charge is 0.497 e. The zero-order chi connectivity index (χ0) is 24.6. The molecule has 0 unspecified atom stereocenters. The van der Waals surface area contributed by atoms with Gasteiger partial charge in [-0.05, 0) is 52.4 Å². The molecule has 0 bridgehead atoms. The van der Waals surface area contributed by atoms with Crippen molar-refractivity contribution >= 4 is 37.0 Å². The van der Waals surface area contributed by atoms with Crippen molar-refractivity contribution in [3.8, 4) is 5.75 Å². The molecule has 3 atom stereocenters. The van der Waals surface area contributed by atoms with Crippen LogP contribution in [-0.2, 0) is 22.2 Å². The molecule has 0 fully saturated rings. The van der Waals surface area contributed by atoms with E-state index in [1.165, 1.54) is 0 Å². The van der Waals surface area contributed by atoms with Crippen molar-refractivity contribution in [3.05, 3.63) is 51.8 Å². The van der Waals surface area contributed by atoms with Crippen LogP contribution in [0.2, 0.25) is 18.1 Å². The smallest absolute Gasteiger partial charge is 0.197 e. The maximum Gasteiger partial charge on any atom is 0.197 e. The second-order valence-electron chi connectivity index (χ2n) is 10.0. The Hall–Kier alpha value is -1.16. The summed E-state index contributed by atoms with van der Waals surface area (Å²) >= 11 is 2.19. The van der Waals surface area contributed by atoms with Crippen LogP contribution in [0, 0.1) is 5.92 Å². The van der Waals surface area contributed by atoms with Crippen LogP contribution in [-0.4, -0.2) is 32.6 Å². The Morgan fingerprint density at radius 2 is 1.82 bits per heavy atom. The highest BCUT2D eigenvalue weighted by atomic mass is 127. The Kier molecular flexibility index (Phi) is 10.6. The lowest BCUT2D eigenvalue weighted by atomic mass is 9.94. The van der Waals surface area contributed by atoms with E-state index in [1.807, 2.05) is 22.3 Å². The number of halogens is 1. The molecular formula is C26H40INO4Si. The molecular weight excluding hydrogens is 545 g/mol. The number of oxazole rings is 1. The normalized spacial score (nSPS) is 15.5. The summed E-state index contributed by atoms with van der Waals surface area (Å²) in [6, 6.07) is 8.04. The molecule has 2 rings (SSSR count). The lowest BCUT2D eigenvalue weighted by molar-refractivity contribution is -0.0370. The third kappa shape index (κ3) is 8.22. The summed E-state index contributed by atoms with van der Waals surface area (Å²) in [5.41, 5.74) is 1.96. The maximum absolute atomic E-state index is 6.93. The summed E-state index contributed by atoms with van der Waals surface area (Å²) in [5.74, 6) is 1.74. The molecule has 5 nitrogen and oxygen atoms in total. The summed E-state index contributed by atoms with van der Waals surface area (Å²) in [6.45, 7) is 16.4. The van der Waals surface area contributed by atoms with Gasteiger partial charge in [0.25, 0.3) is 0 Å². The fourth-order valence-electron chi connectivity index (χ4n) is 3.43. The van der Waals surface area contributed by atoms with Crippen molar-refractivity contribution in [2.45, 2.75) is 84.4 Å². The standard InChI is InChI=1S/C26H40INO4Si/c1-9-23(30-17-20-10-12-22(29-6)13-11-20)19(2)24(32-33(7,8)26(3,4)5)16-25-28-21(14-15-27)18-31-25/h10-15,18-19,23-24H,9,16-17H2,1-8H3/b15-14+/t19-,23-,24+/m1/s1. The third-order valence-electron chi connectivity index (χ3n) is 6.63. The summed E-state index contributed by atoms with van der Waals surface area (Å²) < 4.78 is 26.3. The fourth-order valence-corrected chi connectivity index (χ4v) is 5.20. The van der Waals surface area contributed by atoms with E-state index in [0.717, 1.165) is 23.4 Å². The quantitative estimate of drug-likeness (QED) is 0.189. The molecule has 0 saturated carbocycles. The van der Waals surface area contributed by atoms with Crippen molar-refractivity contribution < 1.29 is 18.3 Å². The van der Waals surface area contributed by atoms with Gasteiger partial charge in [-0.15, -0.1) is 0 Å². The fraction of sp³-hybridized carbons (Fsp3) is 0.577. The molecule has 0 aliphatic carbocycles. The first-order valence-corrected chi connectivity index (χ1v) is 15.8. The molecule has 184 valence electrons. The molecule has 0 spiro atoms. The van der Waals surface area contributed by atoms with Crippen LogP contribution in [0.4, 0.5) is 0 Å². The van der Waals surface area contributed by atoms with E-state index < -0.39 is 8.32 Å². The van der Waals surface area contributed by atoms with Gasteiger partial charge in [-0.3, -0.25) is 0 Å². The van der Waals surface area contributed by atoms with Crippen LogP contribution in [0.5, 0.6) is 5.75 Å². The first-order chi connectivity index (χ1) is 15.5. The van der Waals surface area contributed by atoms with E-state index in [2.05, 4.69) is 87.4 Å².